The van der Waals surface area contributed by atoms with Crippen molar-refractivity contribution in [2.45, 2.75) is 52.4 Å². The van der Waals surface area contributed by atoms with Crippen LogP contribution in [0.3, 0.4) is 0 Å². The molecule has 114 valence electrons. The van der Waals surface area contributed by atoms with Gasteiger partial charge in [0.25, 0.3) is 0 Å². The van der Waals surface area contributed by atoms with Gasteiger partial charge in [0.2, 0.25) is 0 Å². The fourth-order valence-corrected chi connectivity index (χ4v) is 2.90. The first-order valence-electron chi connectivity index (χ1n) is 8.07. The maximum atomic E-state index is 6.00. The van der Waals surface area contributed by atoms with Crippen molar-refractivity contribution in [2.75, 3.05) is 13.7 Å². The van der Waals surface area contributed by atoms with Crippen LogP contribution in [-0.2, 0) is 6.42 Å². The average molecular weight is 277 g/mol. The van der Waals surface area contributed by atoms with Crippen molar-refractivity contribution in [1.82, 2.24) is 0 Å². The van der Waals surface area contributed by atoms with Gasteiger partial charge in [-0.1, -0.05) is 57.7 Å². The summed E-state index contributed by atoms with van der Waals surface area (Å²) in [5.41, 5.74) is 7.29. The molecule has 0 saturated heterocycles. The number of ether oxygens (including phenoxy) is 1. The molecule has 0 spiro atoms. The lowest BCUT2D eigenvalue weighted by Crippen LogP contribution is -2.20. The van der Waals surface area contributed by atoms with Crippen LogP contribution >= 0.6 is 0 Å². The lowest BCUT2D eigenvalue weighted by molar-refractivity contribution is 0.335. The van der Waals surface area contributed by atoms with Crippen LogP contribution in [-0.4, -0.2) is 13.7 Å². The largest absolute Gasteiger partial charge is 0.496 e. The van der Waals surface area contributed by atoms with E-state index in [1.807, 2.05) is 12.1 Å². The summed E-state index contributed by atoms with van der Waals surface area (Å²) in [5, 5.41) is 0. The number of nitrogens with two attached hydrogens (primary N) is 1. The third-order valence-electron chi connectivity index (χ3n) is 4.24. The molecule has 0 aliphatic rings. The van der Waals surface area contributed by atoms with Gasteiger partial charge in [0.1, 0.15) is 5.75 Å². The lowest BCUT2D eigenvalue weighted by atomic mass is 9.85. The fourth-order valence-electron chi connectivity index (χ4n) is 2.90. The number of hydrogen-bond acceptors (Lipinski definition) is 2. The highest BCUT2D eigenvalue weighted by Gasteiger charge is 2.16. The molecule has 0 fully saturated rings. The number of rotatable bonds is 10. The van der Waals surface area contributed by atoms with Crippen molar-refractivity contribution in [2.24, 2.45) is 17.6 Å². The number of unbranched alkanes of at least 4 members (excludes halogenated alkanes) is 1. The molecule has 1 aromatic carbocycles. The Hall–Kier alpha value is -1.02. The predicted octanol–water partition coefficient (Wildman–Crippen LogP) is 4.42. The molecular weight excluding hydrogens is 246 g/mol. The Morgan fingerprint density at radius 3 is 2.50 bits per heavy atom. The Balaban J connectivity index is 2.61. The van der Waals surface area contributed by atoms with Crippen molar-refractivity contribution in [1.29, 1.82) is 0 Å². The minimum absolute atomic E-state index is 0.563. The van der Waals surface area contributed by atoms with Crippen LogP contribution in [0, 0.1) is 11.8 Å². The number of para-hydroxylation sites is 1. The number of methoxy groups -OCH3 is 1. The molecule has 0 bridgehead atoms. The standard InChI is InChI=1S/C18H31NO/c1-4-6-9-15(5-2)12-16(14-19)13-17-10-7-8-11-18(17)20-3/h7-8,10-11,15-16H,4-6,9,12-14,19H2,1-3H3. The van der Waals surface area contributed by atoms with E-state index >= 15 is 0 Å². The summed E-state index contributed by atoms with van der Waals surface area (Å²) >= 11 is 0. The first-order valence-corrected chi connectivity index (χ1v) is 8.07. The van der Waals surface area contributed by atoms with E-state index in [2.05, 4.69) is 26.0 Å². The summed E-state index contributed by atoms with van der Waals surface area (Å²) in [6.45, 7) is 5.33. The minimum atomic E-state index is 0.563. The van der Waals surface area contributed by atoms with E-state index in [1.54, 1.807) is 7.11 Å². The van der Waals surface area contributed by atoms with Gasteiger partial charge in [-0.3, -0.25) is 0 Å². The van der Waals surface area contributed by atoms with Crippen LogP contribution in [0.5, 0.6) is 5.75 Å². The zero-order chi connectivity index (χ0) is 14.8. The van der Waals surface area contributed by atoms with Gasteiger partial charge < -0.3 is 10.5 Å². The molecule has 1 rings (SSSR count). The second kappa shape index (κ2) is 9.82. The molecule has 2 N–H and O–H groups in total. The van der Waals surface area contributed by atoms with Gasteiger partial charge in [-0.2, -0.15) is 0 Å². The molecule has 0 aliphatic carbocycles. The van der Waals surface area contributed by atoms with Crippen molar-refractivity contribution < 1.29 is 4.74 Å². The molecule has 0 saturated carbocycles. The highest BCUT2D eigenvalue weighted by molar-refractivity contribution is 5.33. The lowest BCUT2D eigenvalue weighted by Gasteiger charge is -2.22. The molecule has 0 aromatic heterocycles. The highest BCUT2D eigenvalue weighted by Crippen LogP contribution is 2.26. The first-order chi connectivity index (χ1) is 9.74. The maximum absolute atomic E-state index is 6.00. The molecule has 2 atom stereocenters. The summed E-state index contributed by atoms with van der Waals surface area (Å²) in [6, 6.07) is 8.31. The Morgan fingerprint density at radius 1 is 1.15 bits per heavy atom. The molecule has 0 aliphatic heterocycles. The van der Waals surface area contributed by atoms with E-state index in [9.17, 15) is 0 Å². The molecule has 20 heavy (non-hydrogen) atoms. The van der Waals surface area contributed by atoms with Gasteiger partial charge in [0.15, 0.2) is 0 Å². The second-order valence-electron chi connectivity index (χ2n) is 5.77. The van der Waals surface area contributed by atoms with Crippen LogP contribution in [0.1, 0.15) is 51.5 Å². The molecule has 1 aromatic rings. The van der Waals surface area contributed by atoms with E-state index in [0.29, 0.717) is 5.92 Å². The summed E-state index contributed by atoms with van der Waals surface area (Å²) in [6.07, 6.45) is 7.51. The summed E-state index contributed by atoms with van der Waals surface area (Å²) < 4.78 is 5.45. The molecule has 2 heteroatoms. The normalized spacial score (nSPS) is 14.0. The zero-order valence-corrected chi connectivity index (χ0v) is 13.4. The quantitative estimate of drug-likeness (QED) is 0.687. The van der Waals surface area contributed by atoms with Gasteiger partial charge in [-0.25, -0.2) is 0 Å². The predicted molar refractivity (Wildman–Crippen MR) is 87.2 cm³/mol. The van der Waals surface area contributed by atoms with E-state index in [-0.39, 0.29) is 0 Å². The van der Waals surface area contributed by atoms with Crippen LogP contribution < -0.4 is 10.5 Å². The topological polar surface area (TPSA) is 35.2 Å². The van der Waals surface area contributed by atoms with Gasteiger partial charge in [0.05, 0.1) is 7.11 Å². The van der Waals surface area contributed by atoms with E-state index in [1.165, 1.54) is 37.7 Å². The van der Waals surface area contributed by atoms with Gasteiger partial charge in [0, 0.05) is 0 Å². The highest BCUT2D eigenvalue weighted by atomic mass is 16.5. The molecule has 0 amide bonds. The fraction of sp³-hybridized carbons (Fsp3) is 0.667. The summed E-state index contributed by atoms with van der Waals surface area (Å²) in [5.74, 6) is 2.37. The Bertz CT molecular complexity index is 364. The van der Waals surface area contributed by atoms with Crippen LogP contribution in [0.2, 0.25) is 0 Å². The zero-order valence-electron chi connectivity index (χ0n) is 13.4. The molecular formula is C18H31NO. The maximum Gasteiger partial charge on any atom is 0.122 e. The Labute approximate surface area is 124 Å². The minimum Gasteiger partial charge on any atom is -0.496 e. The van der Waals surface area contributed by atoms with Gasteiger partial charge in [-0.15, -0.1) is 0 Å². The van der Waals surface area contributed by atoms with Gasteiger partial charge >= 0.3 is 0 Å². The molecule has 2 nitrogen and oxygen atoms in total. The van der Waals surface area contributed by atoms with Crippen molar-refractivity contribution >= 4 is 0 Å². The number of benzene rings is 1. The average Bonchev–Trinajstić information content (AvgIpc) is 2.50. The third kappa shape index (κ3) is 5.54. The van der Waals surface area contributed by atoms with Crippen LogP contribution in [0.4, 0.5) is 0 Å². The Morgan fingerprint density at radius 2 is 1.90 bits per heavy atom. The summed E-state index contributed by atoms with van der Waals surface area (Å²) in [7, 11) is 1.74. The number of hydrogen-bond donors (Lipinski definition) is 1. The van der Waals surface area contributed by atoms with Crippen LogP contribution in [0.15, 0.2) is 24.3 Å². The Kier molecular flexibility index (Phi) is 8.36. The van der Waals surface area contributed by atoms with Gasteiger partial charge in [-0.05, 0) is 42.9 Å². The van der Waals surface area contributed by atoms with E-state index < -0.39 is 0 Å². The second-order valence-corrected chi connectivity index (χ2v) is 5.77. The molecule has 0 heterocycles. The monoisotopic (exact) mass is 277 g/mol. The van der Waals surface area contributed by atoms with Crippen LogP contribution in [0.25, 0.3) is 0 Å². The van der Waals surface area contributed by atoms with Crippen molar-refractivity contribution in [3.05, 3.63) is 29.8 Å². The first kappa shape index (κ1) is 17.0. The van der Waals surface area contributed by atoms with Crippen molar-refractivity contribution in [3.8, 4) is 5.75 Å². The molecule has 0 radical (unpaired) electrons. The SMILES string of the molecule is CCCCC(CC)CC(CN)Cc1ccccc1OC. The van der Waals surface area contributed by atoms with E-state index in [0.717, 1.165) is 24.6 Å². The van der Waals surface area contributed by atoms with Crippen molar-refractivity contribution in [3.63, 3.8) is 0 Å². The smallest absolute Gasteiger partial charge is 0.122 e. The van der Waals surface area contributed by atoms with E-state index in [4.69, 9.17) is 10.5 Å². The molecule has 2 unspecified atom stereocenters. The third-order valence-corrected chi connectivity index (χ3v) is 4.24. The summed E-state index contributed by atoms with van der Waals surface area (Å²) in [4.78, 5) is 0.